The Balaban J connectivity index is 1.94. The van der Waals surface area contributed by atoms with Crippen molar-refractivity contribution in [2.24, 2.45) is 0 Å². The minimum absolute atomic E-state index is 0.117. The topological polar surface area (TPSA) is 17.1 Å². The summed E-state index contributed by atoms with van der Waals surface area (Å²) >= 11 is 10.8. The van der Waals surface area contributed by atoms with Crippen LogP contribution in [0.25, 0.3) is 0 Å². The summed E-state index contributed by atoms with van der Waals surface area (Å²) < 4.78 is 0.672. The Morgan fingerprint density at radius 3 is 2.82 bits per heavy atom. The molecule has 17 heavy (non-hydrogen) atoms. The Kier molecular flexibility index (Phi) is 3.30. The Labute approximate surface area is 117 Å². The van der Waals surface area contributed by atoms with Gasteiger partial charge in [0.15, 0.2) is 0 Å². The van der Waals surface area contributed by atoms with E-state index in [0.29, 0.717) is 4.34 Å². The second kappa shape index (κ2) is 4.76. The highest BCUT2D eigenvalue weighted by molar-refractivity contribution is 7.98. The highest BCUT2D eigenvalue weighted by atomic mass is 35.5. The highest BCUT2D eigenvalue weighted by Crippen LogP contribution is 2.34. The van der Waals surface area contributed by atoms with Crippen molar-refractivity contribution in [3.05, 3.63) is 42.7 Å². The molecule has 1 aliphatic rings. The molecule has 5 heteroatoms. The smallest absolute Gasteiger partial charge is 0.212 e. The Bertz CT molecular complexity index is 547. The van der Waals surface area contributed by atoms with Gasteiger partial charge in [-0.2, -0.15) is 11.8 Å². The van der Waals surface area contributed by atoms with Crippen molar-refractivity contribution in [2.45, 2.75) is 12.2 Å². The normalized spacial score (nSPS) is 14.6. The van der Waals surface area contributed by atoms with E-state index < -0.39 is 0 Å². The summed E-state index contributed by atoms with van der Waals surface area (Å²) in [5, 5.41) is 0. The fourth-order valence-electron chi connectivity index (χ4n) is 1.82. The maximum absolute atomic E-state index is 12.2. The lowest BCUT2D eigenvalue weighted by molar-refractivity contribution is 0.104. The average molecular weight is 301 g/mol. The van der Waals surface area contributed by atoms with E-state index in [-0.39, 0.29) is 5.78 Å². The first-order chi connectivity index (χ1) is 8.24. The van der Waals surface area contributed by atoms with Gasteiger partial charge in [0, 0.05) is 10.6 Å². The van der Waals surface area contributed by atoms with Crippen LogP contribution in [0, 0.1) is 0 Å². The molecule has 0 radical (unpaired) electrons. The van der Waals surface area contributed by atoms with Crippen molar-refractivity contribution in [3.63, 3.8) is 0 Å². The molecule has 0 saturated heterocycles. The van der Waals surface area contributed by atoms with Gasteiger partial charge in [0.25, 0.3) is 0 Å². The van der Waals surface area contributed by atoms with E-state index in [1.165, 1.54) is 27.5 Å². The second-order valence-electron chi connectivity index (χ2n) is 3.79. The van der Waals surface area contributed by atoms with Gasteiger partial charge in [0.2, 0.25) is 5.78 Å². The number of thioether (sulfide) groups is 1. The summed E-state index contributed by atoms with van der Waals surface area (Å²) in [4.78, 5) is 15.2. The molecular weight excluding hydrogens is 292 g/mol. The van der Waals surface area contributed by atoms with E-state index in [1.807, 2.05) is 17.8 Å². The summed E-state index contributed by atoms with van der Waals surface area (Å²) in [5.41, 5.74) is 1.34. The molecule has 0 spiro atoms. The Hall–Kier alpha value is -0.290. The Morgan fingerprint density at radius 2 is 2.12 bits per heavy atom. The quantitative estimate of drug-likeness (QED) is 0.761. The van der Waals surface area contributed by atoms with Crippen LogP contribution in [0.2, 0.25) is 4.34 Å². The fourth-order valence-corrected chi connectivity index (χ4v) is 5.21. The first-order valence-electron chi connectivity index (χ1n) is 5.23. The Morgan fingerprint density at radius 1 is 1.24 bits per heavy atom. The SMILES string of the molecule is O=C(c1ccc(Cl)s1)c1cc2c(s1)CCSC2. The molecule has 0 N–H and O–H groups in total. The number of fused-ring (bicyclic) bond motifs is 1. The van der Waals surface area contributed by atoms with E-state index in [9.17, 15) is 4.79 Å². The highest BCUT2D eigenvalue weighted by Gasteiger charge is 2.19. The molecule has 0 fully saturated rings. The predicted molar refractivity (Wildman–Crippen MR) is 76.9 cm³/mol. The maximum atomic E-state index is 12.2. The van der Waals surface area contributed by atoms with Crippen LogP contribution in [0.3, 0.4) is 0 Å². The van der Waals surface area contributed by atoms with Gasteiger partial charge in [-0.1, -0.05) is 11.6 Å². The number of thiophene rings is 2. The monoisotopic (exact) mass is 300 g/mol. The first-order valence-corrected chi connectivity index (χ1v) is 8.40. The van der Waals surface area contributed by atoms with Gasteiger partial charge < -0.3 is 0 Å². The molecule has 0 saturated carbocycles. The minimum atomic E-state index is 0.117. The standard InChI is InChI=1S/C12H9ClOS3/c13-11-2-1-9(17-11)12(14)10-5-7-6-15-4-3-8(7)16-10/h1-2,5H,3-4,6H2. The molecule has 2 aromatic rings. The minimum Gasteiger partial charge on any atom is -0.287 e. The van der Waals surface area contributed by atoms with Crippen molar-refractivity contribution in [2.75, 3.05) is 5.75 Å². The molecule has 0 aliphatic carbocycles. The second-order valence-corrected chi connectivity index (χ2v) is 7.75. The number of rotatable bonds is 2. The molecule has 0 unspecified atom stereocenters. The summed E-state index contributed by atoms with van der Waals surface area (Å²) in [5.74, 6) is 2.34. The van der Waals surface area contributed by atoms with Gasteiger partial charge in [0.1, 0.15) is 0 Å². The molecule has 0 amide bonds. The summed E-state index contributed by atoms with van der Waals surface area (Å²) in [6, 6.07) is 5.65. The van der Waals surface area contributed by atoms with Crippen molar-refractivity contribution in [3.8, 4) is 0 Å². The van der Waals surface area contributed by atoms with Crippen LogP contribution in [-0.4, -0.2) is 11.5 Å². The molecule has 3 rings (SSSR count). The van der Waals surface area contributed by atoms with Gasteiger partial charge in [0.05, 0.1) is 14.1 Å². The maximum Gasteiger partial charge on any atom is 0.212 e. The van der Waals surface area contributed by atoms with Crippen LogP contribution in [0.1, 0.15) is 25.0 Å². The van der Waals surface area contributed by atoms with Crippen LogP contribution in [0.5, 0.6) is 0 Å². The van der Waals surface area contributed by atoms with Crippen LogP contribution in [0.15, 0.2) is 18.2 Å². The van der Waals surface area contributed by atoms with E-state index >= 15 is 0 Å². The third-order valence-electron chi connectivity index (χ3n) is 2.65. The lowest BCUT2D eigenvalue weighted by Crippen LogP contribution is -1.96. The summed E-state index contributed by atoms with van der Waals surface area (Å²) in [6.07, 6.45) is 1.10. The number of hydrogen-bond acceptors (Lipinski definition) is 4. The number of carbonyl (C=O) groups excluding carboxylic acids is 1. The summed E-state index contributed by atoms with van der Waals surface area (Å²) in [6.45, 7) is 0. The van der Waals surface area contributed by atoms with Gasteiger partial charge >= 0.3 is 0 Å². The van der Waals surface area contributed by atoms with Crippen LogP contribution in [-0.2, 0) is 12.2 Å². The van der Waals surface area contributed by atoms with Crippen molar-refractivity contribution in [1.29, 1.82) is 0 Å². The molecule has 88 valence electrons. The van der Waals surface area contributed by atoms with E-state index in [2.05, 4.69) is 6.07 Å². The fraction of sp³-hybridized carbons (Fsp3) is 0.250. The summed E-state index contributed by atoms with van der Waals surface area (Å²) in [7, 11) is 0. The van der Waals surface area contributed by atoms with E-state index in [1.54, 1.807) is 17.4 Å². The molecule has 0 aromatic carbocycles. The van der Waals surface area contributed by atoms with Gasteiger partial charge in [-0.25, -0.2) is 0 Å². The van der Waals surface area contributed by atoms with Gasteiger partial charge in [-0.05, 0) is 35.9 Å². The first kappa shape index (κ1) is 11.8. The molecule has 1 aliphatic heterocycles. The average Bonchev–Trinajstić information content (AvgIpc) is 2.93. The third kappa shape index (κ3) is 2.32. The lowest BCUT2D eigenvalue weighted by atomic mass is 10.2. The zero-order valence-corrected chi connectivity index (χ0v) is 12.1. The zero-order chi connectivity index (χ0) is 11.8. The number of hydrogen-bond donors (Lipinski definition) is 0. The number of ketones is 1. The number of carbonyl (C=O) groups is 1. The van der Waals surface area contributed by atoms with Crippen LogP contribution in [0.4, 0.5) is 0 Å². The molecule has 0 atom stereocenters. The molecule has 0 bridgehead atoms. The van der Waals surface area contributed by atoms with Crippen molar-refractivity contribution >= 4 is 51.8 Å². The van der Waals surface area contributed by atoms with Crippen molar-refractivity contribution < 1.29 is 4.79 Å². The predicted octanol–water partition coefficient (Wildman–Crippen LogP) is 4.48. The van der Waals surface area contributed by atoms with Crippen molar-refractivity contribution in [1.82, 2.24) is 0 Å². The number of aryl methyl sites for hydroxylation is 1. The van der Waals surface area contributed by atoms with Crippen LogP contribution < -0.4 is 0 Å². The van der Waals surface area contributed by atoms with Gasteiger partial charge in [-0.3, -0.25) is 4.79 Å². The van der Waals surface area contributed by atoms with Crippen LogP contribution >= 0.6 is 46.0 Å². The van der Waals surface area contributed by atoms with E-state index in [0.717, 1.165) is 21.9 Å². The molecular formula is C12H9ClOS3. The zero-order valence-electron chi connectivity index (χ0n) is 8.86. The van der Waals surface area contributed by atoms with E-state index in [4.69, 9.17) is 11.6 Å². The lowest BCUT2D eigenvalue weighted by Gasteiger charge is -2.08. The third-order valence-corrected chi connectivity index (χ3v) is 6.12. The number of halogens is 1. The molecule has 2 aromatic heterocycles. The van der Waals surface area contributed by atoms with Gasteiger partial charge in [-0.15, -0.1) is 22.7 Å². The molecule has 3 heterocycles. The molecule has 1 nitrogen and oxygen atoms in total. The largest absolute Gasteiger partial charge is 0.287 e.